The minimum atomic E-state index is -0.265. The normalized spacial score (nSPS) is 23.6. The van der Waals surface area contributed by atoms with Crippen LogP contribution in [0.4, 0.5) is 0 Å². The summed E-state index contributed by atoms with van der Waals surface area (Å²) in [6.45, 7) is 8.18. The molecule has 2 heterocycles. The maximum Gasteiger partial charge on any atom is 0.227 e. The molecule has 0 unspecified atom stereocenters. The molecular formula is C17H23NO3. The van der Waals surface area contributed by atoms with E-state index in [1.165, 1.54) is 5.56 Å². The molecule has 2 aliphatic heterocycles. The average Bonchev–Trinajstić information content (AvgIpc) is 2.83. The molecule has 3 rings (SSSR count). The fourth-order valence-electron chi connectivity index (χ4n) is 3.28. The number of morpholine rings is 1. The molecule has 4 nitrogen and oxygen atoms in total. The van der Waals surface area contributed by atoms with Crippen LogP contribution in [0.1, 0.15) is 31.9 Å². The van der Waals surface area contributed by atoms with Crippen molar-refractivity contribution in [3.05, 3.63) is 29.3 Å². The third-order valence-electron chi connectivity index (χ3n) is 4.03. The smallest absolute Gasteiger partial charge is 0.227 e. The van der Waals surface area contributed by atoms with Crippen molar-refractivity contribution in [2.75, 3.05) is 19.7 Å². The molecule has 1 aromatic rings. The molecule has 0 bridgehead atoms. The monoisotopic (exact) mass is 289 g/mol. The largest absolute Gasteiger partial charge is 0.493 e. The van der Waals surface area contributed by atoms with E-state index in [2.05, 4.69) is 6.07 Å². The van der Waals surface area contributed by atoms with Gasteiger partial charge in [0.2, 0.25) is 5.91 Å². The zero-order valence-electron chi connectivity index (χ0n) is 13.0. The Labute approximate surface area is 126 Å². The van der Waals surface area contributed by atoms with Gasteiger partial charge in [0.1, 0.15) is 5.75 Å². The first kappa shape index (κ1) is 14.4. The number of fused-ring (bicyclic) bond motifs is 1. The van der Waals surface area contributed by atoms with Gasteiger partial charge in [0.25, 0.3) is 0 Å². The molecule has 1 fully saturated rings. The first-order valence-electron chi connectivity index (χ1n) is 7.63. The predicted molar refractivity (Wildman–Crippen MR) is 80.6 cm³/mol. The van der Waals surface area contributed by atoms with Gasteiger partial charge >= 0.3 is 0 Å². The second kappa shape index (κ2) is 5.34. The van der Waals surface area contributed by atoms with Gasteiger partial charge < -0.3 is 14.4 Å². The third-order valence-corrected chi connectivity index (χ3v) is 4.03. The molecule has 0 radical (unpaired) electrons. The van der Waals surface area contributed by atoms with Gasteiger partial charge in [-0.05, 0) is 38.0 Å². The van der Waals surface area contributed by atoms with Crippen molar-refractivity contribution in [3.8, 4) is 5.75 Å². The quantitative estimate of drug-likeness (QED) is 0.838. The lowest BCUT2D eigenvalue weighted by atomic mass is 10.0. The van der Waals surface area contributed by atoms with Crippen LogP contribution in [-0.4, -0.2) is 42.2 Å². The van der Waals surface area contributed by atoms with Crippen molar-refractivity contribution in [3.63, 3.8) is 0 Å². The van der Waals surface area contributed by atoms with Crippen LogP contribution in [0.25, 0.3) is 0 Å². The molecule has 0 aromatic heterocycles. The topological polar surface area (TPSA) is 38.8 Å². The molecule has 2 aliphatic rings. The summed E-state index contributed by atoms with van der Waals surface area (Å²) >= 11 is 0. The fourth-order valence-corrected chi connectivity index (χ4v) is 3.28. The van der Waals surface area contributed by atoms with E-state index >= 15 is 0 Å². The van der Waals surface area contributed by atoms with Crippen molar-refractivity contribution in [2.24, 2.45) is 0 Å². The number of nitrogens with zero attached hydrogens (tertiary/aromatic N) is 1. The van der Waals surface area contributed by atoms with Crippen molar-refractivity contribution < 1.29 is 14.3 Å². The SMILES string of the molecule is C[C@@H]1CN(C(=O)Cc2ccc3c(c2)CCO3)CC(C)(C)O1. The molecule has 1 saturated heterocycles. The van der Waals surface area contributed by atoms with Gasteiger partial charge in [-0.25, -0.2) is 0 Å². The number of benzene rings is 1. The zero-order valence-corrected chi connectivity index (χ0v) is 13.0. The molecular weight excluding hydrogens is 266 g/mol. The first-order valence-corrected chi connectivity index (χ1v) is 7.63. The number of carbonyl (C=O) groups is 1. The van der Waals surface area contributed by atoms with Crippen LogP contribution in [0.2, 0.25) is 0 Å². The summed E-state index contributed by atoms with van der Waals surface area (Å²) < 4.78 is 11.4. The van der Waals surface area contributed by atoms with Gasteiger partial charge in [0.15, 0.2) is 0 Å². The highest BCUT2D eigenvalue weighted by molar-refractivity contribution is 5.79. The Bertz CT molecular complexity index is 553. The number of amides is 1. The molecule has 1 amide bonds. The predicted octanol–water partition coefficient (Wildman–Crippen LogP) is 2.19. The minimum Gasteiger partial charge on any atom is -0.493 e. The standard InChI is InChI=1S/C17H23NO3/c1-12-10-18(11-17(2,3)21-12)16(19)9-13-4-5-15-14(8-13)6-7-20-15/h4-5,8,12H,6-7,9-11H2,1-3H3/t12-/m1/s1. The van der Waals surface area contributed by atoms with Crippen LogP contribution in [0.15, 0.2) is 18.2 Å². The maximum absolute atomic E-state index is 12.5. The summed E-state index contributed by atoms with van der Waals surface area (Å²) in [5, 5.41) is 0. The Morgan fingerprint density at radius 1 is 1.43 bits per heavy atom. The van der Waals surface area contributed by atoms with Crippen LogP contribution in [0.3, 0.4) is 0 Å². The Kier molecular flexibility index (Phi) is 3.66. The Balaban J connectivity index is 1.68. The van der Waals surface area contributed by atoms with Gasteiger partial charge in [-0.2, -0.15) is 0 Å². The lowest BCUT2D eigenvalue weighted by Gasteiger charge is -2.41. The summed E-state index contributed by atoms with van der Waals surface area (Å²) in [6, 6.07) is 6.09. The molecule has 21 heavy (non-hydrogen) atoms. The van der Waals surface area contributed by atoms with Gasteiger partial charge in [-0.15, -0.1) is 0 Å². The van der Waals surface area contributed by atoms with Gasteiger partial charge in [0.05, 0.1) is 24.7 Å². The summed E-state index contributed by atoms with van der Waals surface area (Å²) in [6.07, 6.45) is 1.49. The molecule has 4 heteroatoms. The molecule has 1 aromatic carbocycles. The van der Waals surface area contributed by atoms with Crippen molar-refractivity contribution in [1.82, 2.24) is 4.90 Å². The molecule has 1 atom stereocenters. The lowest BCUT2D eigenvalue weighted by Crippen LogP contribution is -2.54. The van der Waals surface area contributed by atoms with Crippen LogP contribution >= 0.6 is 0 Å². The number of carbonyl (C=O) groups excluding carboxylic acids is 1. The number of ether oxygens (including phenoxy) is 2. The van der Waals surface area contributed by atoms with E-state index in [4.69, 9.17) is 9.47 Å². The third kappa shape index (κ3) is 3.21. The van der Waals surface area contributed by atoms with Crippen molar-refractivity contribution in [1.29, 1.82) is 0 Å². The van der Waals surface area contributed by atoms with E-state index in [1.54, 1.807) is 0 Å². The number of hydrogen-bond donors (Lipinski definition) is 0. The van der Waals surface area contributed by atoms with Gasteiger partial charge in [-0.3, -0.25) is 4.79 Å². The Morgan fingerprint density at radius 2 is 2.24 bits per heavy atom. The van der Waals surface area contributed by atoms with Crippen LogP contribution in [0, 0.1) is 0 Å². The average molecular weight is 289 g/mol. The minimum absolute atomic E-state index is 0.0890. The highest BCUT2D eigenvalue weighted by Crippen LogP contribution is 2.27. The second-order valence-electron chi connectivity index (χ2n) is 6.68. The van der Waals surface area contributed by atoms with E-state index in [0.717, 1.165) is 24.3 Å². The highest BCUT2D eigenvalue weighted by Gasteiger charge is 2.33. The van der Waals surface area contributed by atoms with Crippen molar-refractivity contribution in [2.45, 2.75) is 45.3 Å². The van der Waals surface area contributed by atoms with E-state index < -0.39 is 0 Å². The number of hydrogen-bond acceptors (Lipinski definition) is 3. The molecule has 0 saturated carbocycles. The number of rotatable bonds is 2. The highest BCUT2D eigenvalue weighted by atomic mass is 16.5. The summed E-state index contributed by atoms with van der Waals surface area (Å²) in [7, 11) is 0. The summed E-state index contributed by atoms with van der Waals surface area (Å²) in [5.74, 6) is 1.14. The van der Waals surface area contributed by atoms with Gasteiger partial charge in [0, 0.05) is 19.5 Å². The summed E-state index contributed by atoms with van der Waals surface area (Å²) in [4.78, 5) is 14.5. The van der Waals surface area contributed by atoms with Crippen LogP contribution in [-0.2, 0) is 22.4 Å². The fraction of sp³-hybridized carbons (Fsp3) is 0.588. The summed E-state index contributed by atoms with van der Waals surface area (Å²) in [5.41, 5.74) is 2.02. The zero-order chi connectivity index (χ0) is 15.0. The molecule has 114 valence electrons. The van der Waals surface area contributed by atoms with E-state index in [1.807, 2.05) is 37.8 Å². The van der Waals surface area contributed by atoms with Crippen LogP contribution in [0.5, 0.6) is 5.75 Å². The second-order valence-corrected chi connectivity index (χ2v) is 6.68. The van der Waals surface area contributed by atoms with E-state index in [-0.39, 0.29) is 17.6 Å². The van der Waals surface area contributed by atoms with E-state index in [0.29, 0.717) is 19.5 Å². The van der Waals surface area contributed by atoms with E-state index in [9.17, 15) is 4.79 Å². The molecule has 0 N–H and O–H groups in total. The van der Waals surface area contributed by atoms with Crippen molar-refractivity contribution >= 4 is 5.91 Å². The molecule has 0 aliphatic carbocycles. The lowest BCUT2D eigenvalue weighted by molar-refractivity contribution is -0.157. The Hall–Kier alpha value is -1.55. The van der Waals surface area contributed by atoms with Crippen LogP contribution < -0.4 is 4.74 Å². The maximum atomic E-state index is 12.5. The van der Waals surface area contributed by atoms with Gasteiger partial charge in [-0.1, -0.05) is 12.1 Å². The first-order chi connectivity index (χ1) is 9.93. The Morgan fingerprint density at radius 3 is 3.00 bits per heavy atom. The molecule has 0 spiro atoms.